The summed E-state index contributed by atoms with van der Waals surface area (Å²) in [5, 5.41) is 20.3. The lowest BCUT2D eigenvalue weighted by Gasteiger charge is -2.61. The first-order valence-corrected chi connectivity index (χ1v) is 8.89. The topological polar surface area (TPSA) is 90.4 Å². The molecule has 0 spiro atoms. The van der Waals surface area contributed by atoms with E-state index in [1.807, 2.05) is 0 Å². The van der Waals surface area contributed by atoms with E-state index in [-0.39, 0.29) is 29.6 Å². The van der Waals surface area contributed by atoms with Crippen LogP contribution in [0.4, 0.5) is 0 Å². The number of carbonyl (C=O) groups excluding carboxylic acids is 1. The van der Waals surface area contributed by atoms with Gasteiger partial charge in [0.05, 0.1) is 17.7 Å². The molecule has 6 heteroatoms. The van der Waals surface area contributed by atoms with Gasteiger partial charge in [0, 0.05) is 8.78 Å². The number of nitrogens with zero attached hydrogens (tertiary/aromatic N) is 2. The number of piperidine rings is 1. The number of amides is 1. The van der Waals surface area contributed by atoms with Gasteiger partial charge in [-0.05, 0) is 74.5 Å². The summed E-state index contributed by atoms with van der Waals surface area (Å²) < 4.78 is 16.1. The fraction of sp³-hybridized carbons (Fsp3) is 0.889. The quantitative estimate of drug-likeness (QED) is 0.736. The number of rotatable bonds is 2. The van der Waals surface area contributed by atoms with Gasteiger partial charge in [-0.25, -0.2) is 0 Å². The number of hydrogen-bond donors (Lipinski definition) is 2. The molecule has 6 rings (SSSR count). The van der Waals surface area contributed by atoms with E-state index in [0.717, 1.165) is 32.1 Å². The molecule has 1 saturated heterocycles. The molecule has 6 atom stereocenters. The largest absolute Gasteiger partial charge is 0.390 e. The van der Waals surface area contributed by atoms with E-state index in [4.69, 9.17) is 8.48 Å². The molecule has 0 radical (unpaired) electrons. The number of carbonyl (C=O) groups is 1. The minimum atomic E-state index is -1.39. The van der Waals surface area contributed by atoms with E-state index in [2.05, 4.69) is 6.07 Å². The maximum Gasteiger partial charge on any atom is 0.241 e. The summed E-state index contributed by atoms with van der Waals surface area (Å²) >= 11 is 0. The molecule has 2 unspecified atom stereocenters. The molecule has 6 fully saturated rings. The van der Waals surface area contributed by atoms with E-state index < -0.39 is 30.1 Å². The maximum absolute atomic E-state index is 13.3. The SMILES string of the molecule is Cl.[2H]C1([2H])[C@H]2C[C@@H](C#N)N([13C](=O)[C@@H](N)C34CC5CC(CC(O)(C5)C3)C4)[C@H]21. The van der Waals surface area contributed by atoms with E-state index in [9.17, 15) is 15.2 Å². The van der Waals surface area contributed by atoms with Gasteiger partial charge in [-0.2, -0.15) is 5.26 Å². The van der Waals surface area contributed by atoms with Crippen LogP contribution >= 0.6 is 12.4 Å². The Kier molecular flexibility index (Phi) is 3.05. The molecule has 132 valence electrons. The first-order valence-electron chi connectivity index (χ1n) is 9.89. The third kappa shape index (κ3) is 2.16. The Hall–Kier alpha value is -0.830. The van der Waals surface area contributed by atoms with Gasteiger partial charge in [0.25, 0.3) is 0 Å². The van der Waals surface area contributed by atoms with Crippen LogP contribution in [0.3, 0.4) is 0 Å². The fourth-order valence-corrected chi connectivity index (χ4v) is 6.66. The van der Waals surface area contributed by atoms with Crippen molar-refractivity contribution in [1.82, 2.24) is 4.90 Å². The molecule has 5 saturated carbocycles. The zero-order valence-corrected chi connectivity index (χ0v) is 14.5. The average Bonchev–Trinajstić information content (AvgIpc) is 2.89. The van der Waals surface area contributed by atoms with E-state index in [1.165, 1.54) is 4.90 Å². The molecule has 0 aromatic carbocycles. The molecular formula is C18H26ClN3O2. The van der Waals surface area contributed by atoms with Gasteiger partial charge >= 0.3 is 0 Å². The molecule has 24 heavy (non-hydrogen) atoms. The minimum Gasteiger partial charge on any atom is -0.390 e. The summed E-state index contributed by atoms with van der Waals surface area (Å²) in [7, 11) is 0. The smallest absolute Gasteiger partial charge is 0.241 e. The highest BCUT2D eigenvalue weighted by molar-refractivity contribution is 5.85. The lowest BCUT2D eigenvalue weighted by atomic mass is 9.47. The Morgan fingerprint density at radius 3 is 2.58 bits per heavy atom. The molecule has 6 aliphatic rings. The van der Waals surface area contributed by atoms with Crippen molar-refractivity contribution in [2.24, 2.45) is 28.9 Å². The summed E-state index contributed by atoms with van der Waals surface area (Å²) in [5.41, 5.74) is 5.45. The second-order valence-corrected chi connectivity index (χ2v) is 8.87. The highest BCUT2D eigenvalue weighted by atomic mass is 35.5. The van der Waals surface area contributed by atoms with Crippen LogP contribution in [-0.2, 0) is 4.79 Å². The second kappa shape index (κ2) is 5.09. The number of fused-ring (bicyclic) bond motifs is 1. The van der Waals surface area contributed by atoms with Crippen molar-refractivity contribution < 1.29 is 12.6 Å². The predicted octanol–water partition coefficient (Wildman–Crippen LogP) is 1.58. The summed E-state index contributed by atoms with van der Waals surface area (Å²) in [4.78, 5) is 14.7. The molecule has 4 bridgehead atoms. The normalized spacial score (nSPS) is 54.9. The van der Waals surface area contributed by atoms with Gasteiger partial charge in [0.15, 0.2) is 0 Å². The summed E-state index contributed by atoms with van der Waals surface area (Å²) in [6.45, 7) is 0. The molecule has 0 aromatic heterocycles. The fourth-order valence-electron chi connectivity index (χ4n) is 6.66. The third-order valence-corrected chi connectivity index (χ3v) is 7.17. The molecule has 1 heterocycles. The lowest BCUT2D eigenvalue weighted by Crippen LogP contribution is -2.64. The van der Waals surface area contributed by atoms with Crippen LogP contribution in [0.2, 0.25) is 0 Å². The van der Waals surface area contributed by atoms with Crippen molar-refractivity contribution in [2.45, 2.75) is 75.0 Å². The zero-order chi connectivity index (χ0) is 17.8. The molecular weight excluding hydrogens is 327 g/mol. The molecule has 1 aliphatic heterocycles. The van der Waals surface area contributed by atoms with E-state index in [0.29, 0.717) is 24.7 Å². The first-order chi connectivity index (χ1) is 11.7. The summed E-state index contributed by atoms with van der Waals surface area (Å²) in [5.74, 6) is 0.380. The second-order valence-electron chi connectivity index (χ2n) is 8.87. The van der Waals surface area contributed by atoms with Crippen molar-refractivity contribution in [3.8, 4) is 6.07 Å². The number of aliphatic hydroxyl groups is 1. The predicted molar refractivity (Wildman–Crippen MR) is 90.0 cm³/mol. The van der Waals surface area contributed by atoms with Gasteiger partial charge in [-0.1, -0.05) is 0 Å². The van der Waals surface area contributed by atoms with Crippen LogP contribution in [0.15, 0.2) is 0 Å². The minimum absolute atomic E-state index is 0. The first kappa shape index (κ1) is 14.4. The molecule has 3 N–H and O–H groups in total. The number of halogens is 1. The summed E-state index contributed by atoms with van der Waals surface area (Å²) in [6, 6.07) is 0.370. The van der Waals surface area contributed by atoms with Gasteiger partial charge in [0.2, 0.25) is 5.91 Å². The Labute approximate surface area is 151 Å². The Balaban J connectivity index is 0.00000168. The number of hydrogen-bond acceptors (Lipinski definition) is 4. The summed E-state index contributed by atoms with van der Waals surface area (Å²) in [6.07, 6.45) is 4.13. The average molecular weight is 355 g/mol. The van der Waals surface area contributed by atoms with Crippen molar-refractivity contribution >= 4 is 18.3 Å². The monoisotopic (exact) mass is 354 g/mol. The Bertz CT molecular complexity index is 682. The van der Waals surface area contributed by atoms with Gasteiger partial charge < -0.3 is 15.7 Å². The Morgan fingerprint density at radius 2 is 2.00 bits per heavy atom. The number of likely N-dealkylation sites (tertiary alicyclic amines) is 1. The van der Waals surface area contributed by atoms with Crippen LogP contribution < -0.4 is 5.73 Å². The Morgan fingerprint density at radius 1 is 1.33 bits per heavy atom. The van der Waals surface area contributed by atoms with Crippen molar-refractivity contribution in [3.05, 3.63) is 0 Å². The molecule has 5 aliphatic carbocycles. The number of nitriles is 1. The standard InChI is InChI=1S/C18H25N3O2.ClH/c19-8-13-2-12-3-14(12)21(13)16(22)15(20)17-4-10-1-11(5-17)7-18(23,6-10)9-17;/h10-15,23H,1-7,9,20H2;1H/t10?,11?,12-,13+,14+,15-,17?,18?;/m1./s1/i3D2,16+1;. The van der Waals surface area contributed by atoms with Crippen LogP contribution in [-0.4, -0.2) is 39.6 Å². The highest BCUT2D eigenvalue weighted by Gasteiger charge is 2.62. The van der Waals surface area contributed by atoms with Gasteiger partial charge in [-0.15, -0.1) is 12.4 Å². The lowest BCUT2D eigenvalue weighted by molar-refractivity contribution is -0.177. The van der Waals surface area contributed by atoms with Crippen molar-refractivity contribution in [3.63, 3.8) is 0 Å². The van der Waals surface area contributed by atoms with E-state index in [1.54, 1.807) is 0 Å². The maximum atomic E-state index is 13.3. The third-order valence-electron chi connectivity index (χ3n) is 7.17. The van der Waals surface area contributed by atoms with Crippen LogP contribution in [0.1, 0.15) is 54.1 Å². The highest BCUT2D eigenvalue weighted by Crippen LogP contribution is 2.63. The molecule has 1 amide bonds. The molecule has 0 aromatic rings. The number of nitrogens with two attached hydrogens (primary N) is 1. The van der Waals surface area contributed by atoms with Crippen molar-refractivity contribution in [1.29, 1.82) is 5.26 Å². The van der Waals surface area contributed by atoms with Gasteiger partial charge in [0.1, 0.15) is 6.04 Å². The van der Waals surface area contributed by atoms with Crippen LogP contribution in [0.5, 0.6) is 0 Å². The van der Waals surface area contributed by atoms with Crippen LogP contribution in [0, 0.1) is 34.5 Å². The zero-order valence-electron chi connectivity index (χ0n) is 15.6. The molecule has 5 nitrogen and oxygen atoms in total. The van der Waals surface area contributed by atoms with Crippen molar-refractivity contribution in [2.75, 3.05) is 0 Å². The van der Waals surface area contributed by atoms with E-state index >= 15 is 0 Å². The van der Waals surface area contributed by atoms with Gasteiger partial charge in [-0.3, -0.25) is 4.79 Å². The van der Waals surface area contributed by atoms with Crippen LogP contribution in [0.25, 0.3) is 0 Å².